The lowest BCUT2D eigenvalue weighted by atomic mass is 10.1. The van der Waals surface area contributed by atoms with Gasteiger partial charge in [-0.3, -0.25) is 9.89 Å². The van der Waals surface area contributed by atoms with Crippen molar-refractivity contribution in [3.05, 3.63) is 78.3 Å². The summed E-state index contributed by atoms with van der Waals surface area (Å²) in [6, 6.07) is 9.72. The second kappa shape index (κ2) is 6.05. The summed E-state index contributed by atoms with van der Waals surface area (Å²) in [5.41, 5.74) is 3.01. The Morgan fingerprint density at radius 1 is 1.24 bits per heavy atom. The summed E-state index contributed by atoms with van der Waals surface area (Å²) >= 11 is 0. The Kier molecular flexibility index (Phi) is 3.78. The van der Waals surface area contributed by atoms with E-state index in [0.29, 0.717) is 5.69 Å². The molecule has 0 unspecified atom stereocenters. The Labute approximate surface area is 125 Å². The van der Waals surface area contributed by atoms with Crippen molar-refractivity contribution >= 4 is 5.91 Å². The molecule has 2 aromatic rings. The van der Waals surface area contributed by atoms with Gasteiger partial charge in [0.2, 0.25) is 0 Å². The molecule has 4 nitrogen and oxygen atoms in total. The van der Waals surface area contributed by atoms with Crippen LogP contribution in [0.4, 0.5) is 0 Å². The van der Waals surface area contributed by atoms with E-state index in [1.165, 1.54) is 0 Å². The predicted molar refractivity (Wildman–Crippen MR) is 86.7 cm³/mol. The second-order valence-electron chi connectivity index (χ2n) is 4.66. The maximum absolute atomic E-state index is 12.4. The molecule has 1 aliphatic rings. The summed E-state index contributed by atoms with van der Waals surface area (Å²) in [6.07, 6.45) is 12.2. The highest BCUT2D eigenvalue weighted by molar-refractivity contribution is 5.99. The maximum atomic E-state index is 12.4. The number of allylic oxidation sites excluding steroid dienone is 5. The summed E-state index contributed by atoms with van der Waals surface area (Å²) in [4.78, 5) is 12.4. The van der Waals surface area contributed by atoms with Crippen molar-refractivity contribution in [3.8, 4) is 11.1 Å². The molecule has 0 atom stereocenters. The third-order valence-electron chi connectivity index (χ3n) is 3.21. The number of hydrogen-bond acceptors (Lipinski definition) is 2. The van der Waals surface area contributed by atoms with Crippen LogP contribution in [0.15, 0.2) is 72.6 Å². The molecule has 4 heteroatoms. The summed E-state index contributed by atoms with van der Waals surface area (Å²) in [5, 5.41) is 9.67. The van der Waals surface area contributed by atoms with Crippen molar-refractivity contribution in [1.82, 2.24) is 15.5 Å². The average molecular weight is 281 g/mol. The van der Waals surface area contributed by atoms with Crippen LogP contribution in [-0.2, 0) is 0 Å². The van der Waals surface area contributed by atoms with E-state index < -0.39 is 0 Å². The molecule has 21 heavy (non-hydrogen) atoms. The van der Waals surface area contributed by atoms with Gasteiger partial charge < -0.3 is 5.32 Å². The molecule has 0 saturated carbocycles. The molecule has 0 aliphatic heterocycles. The number of aromatic nitrogens is 2. The fraction of sp³-hybridized carbons (Fsp3) is 0.0588. The molecule has 1 aromatic carbocycles. The van der Waals surface area contributed by atoms with E-state index in [4.69, 9.17) is 0 Å². The van der Waals surface area contributed by atoms with E-state index in [-0.39, 0.29) is 8.76 Å². The SMILES string of the molecule is O=C(NC1=CCC=CC=C1)c1[nH]ncc1-c1ccccc1.[HH].[HH]. The Bertz CT molecular complexity index is 733. The summed E-state index contributed by atoms with van der Waals surface area (Å²) < 4.78 is 0. The van der Waals surface area contributed by atoms with E-state index in [1.54, 1.807) is 6.20 Å². The van der Waals surface area contributed by atoms with Gasteiger partial charge in [-0.1, -0.05) is 54.6 Å². The van der Waals surface area contributed by atoms with Gasteiger partial charge in [-0.15, -0.1) is 0 Å². The number of H-pyrrole nitrogens is 1. The van der Waals surface area contributed by atoms with Crippen LogP contribution >= 0.6 is 0 Å². The minimum atomic E-state index is -0.191. The van der Waals surface area contributed by atoms with Crippen molar-refractivity contribution in [2.45, 2.75) is 6.42 Å². The lowest BCUT2D eigenvalue weighted by Crippen LogP contribution is -2.22. The molecule has 0 fully saturated rings. The number of rotatable bonds is 3. The van der Waals surface area contributed by atoms with Crippen LogP contribution < -0.4 is 5.32 Å². The Hall–Kier alpha value is -2.88. The zero-order valence-corrected chi connectivity index (χ0v) is 11.4. The smallest absolute Gasteiger partial charge is 0.274 e. The van der Waals surface area contributed by atoms with Gasteiger partial charge in [0.05, 0.1) is 6.20 Å². The third kappa shape index (κ3) is 3.00. The van der Waals surface area contributed by atoms with Gasteiger partial charge in [0.15, 0.2) is 0 Å². The van der Waals surface area contributed by atoms with Gasteiger partial charge in [0.1, 0.15) is 5.69 Å². The van der Waals surface area contributed by atoms with E-state index in [2.05, 4.69) is 15.5 Å². The monoisotopic (exact) mass is 281 g/mol. The van der Waals surface area contributed by atoms with Crippen LogP contribution in [0.2, 0.25) is 0 Å². The maximum Gasteiger partial charge on any atom is 0.274 e. The van der Waals surface area contributed by atoms with Crippen molar-refractivity contribution < 1.29 is 7.65 Å². The van der Waals surface area contributed by atoms with Gasteiger partial charge in [-0.05, 0) is 18.1 Å². The minimum absolute atomic E-state index is 0. The van der Waals surface area contributed by atoms with Crippen LogP contribution in [-0.4, -0.2) is 16.1 Å². The van der Waals surface area contributed by atoms with Gasteiger partial charge in [-0.2, -0.15) is 5.10 Å². The molecule has 1 heterocycles. The van der Waals surface area contributed by atoms with Gasteiger partial charge in [0.25, 0.3) is 5.91 Å². The van der Waals surface area contributed by atoms with E-state index >= 15 is 0 Å². The number of aromatic amines is 1. The number of benzene rings is 1. The van der Waals surface area contributed by atoms with Crippen molar-refractivity contribution in [2.75, 3.05) is 0 Å². The topological polar surface area (TPSA) is 57.8 Å². The largest absolute Gasteiger partial charge is 0.321 e. The first kappa shape index (κ1) is 13.1. The van der Waals surface area contributed by atoms with E-state index in [1.807, 2.05) is 60.7 Å². The molecular weight excluding hydrogens is 262 g/mol. The molecule has 0 radical (unpaired) electrons. The molecular formula is C17H19N3O. The van der Waals surface area contributed by atoms with Gasteiger partial charge in [-0.25, -0.2) is 0 Å². The van der Waals surface area contributed by atoms with Gasteiger partial charge >= 0.3 is 0 Å². The molecule has 1 aromatic heterocycles. The Morgan fingerprint density at radius 2 is 2.10 bits per heavy atom. The minimum Gasteiger partial charge on any atom is -0.321 e. The fourth-order valence-electron chi connectivity index (χ4n) is 2.16. The fourth-order valence-corrected chi connectivity index (χ4v) is 2.16. The molecule has 1 aliphatic carbocycles. The number of carbonyl (C=O) groups excluding carboxylic acids is 1. The lowest BCUT2D eigenvalue weighted by molar-refractivity contribution is 0.0963. The molecule has 2 N–H and O–H groups in total. The Morgan fingerprint density at radius 3 is 2.95 bits per heavy atom. The third-order valence-corrected chi connectivity index (χ3v) is 3.21. The standard InChI is InChI=1S/C17H15N3O.2H2/c21-17(19-14-10-6-1-2-7-11-14)16-15(12-18-20-16)13-8-4-3-5-9-13;;/h1-6,8-12H,7H2,(H,18,20)(H,19,21);2*1H. The summed E-state index contributed by atoms with van der Waals surface area (Å²) in [6.45, 7) is 0. The zero-order valence-electron chi connectivity index (χ0n) is 11.4. The number of amides is 1. The van der Waals surface area contributed by atoms with Gasteiger partial charge in [0, 0.05) is 14.1 Å². The van der Waals surface area contributed by atoms with E-state index in [9.17, 15) is 4.79 Å². The van der Waals surface area contributed by atoms with Crippen molar-refractivity contribution in [1.29, 1.82) is 0 Å². The normalized spacial score (nSPS) is 13.6. The van der Waals surface area contributed by atoms with Crippen LogP contribution in [0, 0.1) is 0 Å². The summed E-state index contributed by atoms with van der Waals surface area (Å²) in [7, 11) is 0. The van der Waals surface area contributed by atoms with Crippen molar-refractivity contribution in [2.24, 2.45) is 0 Å². The molecule has 0 bridgehead atoms. The quantitative estimate of drug-likeness (QED) is 0.901. The zero-order chi connectivity index (χ0) is 14.5. The average Bonchev–Trinajstić information content (AvgIpc) is 2.87. The number of hydrogen-bond donors (Lipinski definition) is 2. The molecule has 3 rings (SSSR count). The van der Waals surface area contributed by atoms with Crippen LogP contribution in [0.1, 0.15) is 19.8 Å². The van der Waals surface area contributed by atoms with Crippen molar-refractivity contribution in [3.63, 3.8) is 0 Å². The highest BCUT2D eigenvalue weighted by Crippen LogP contribution is 2.21. The summed E-state index contributed by atoms with van der Waals surface area (Å²) in [5.74, 6) is -0.191. The molecule has 108 valence electrons. The first-order valence-electron chi connectivity index (χ1n) is 6.78. The highest BCUT2D eigenvalue weighted by atomic mass is 16.1. The predicted octanol–water partition coefficient (Wildman–Crippen LogP) is 3.70. The Balaban J connectivity index is 0.00000132. The van der Waals surface area contributed by atoms with Crippen LogP contribution in [0.3, 0.4) is 0 Å². The molecule has 0 saturated heterocycles. The lowest BCUT2D eigenvalue weighted by Gasteiger charge is -2.06. The number of nitrogens with one attached hydrogen (secondary N) is 2. The molecule has 0 spiro atoms. The molecule has 1 amide bonds. The first-order valence-corrected chi connectivity index (χ1v) is 6.78. The second-order valence-corrected chi connectivity index (χ2v) is 4.66. The van der Waals surface area contributed by atoms with Crippen LogP contribution in [0.25, 0.3) is 11.1 Å². The van der Waals surface area contributed by atoms with E-state index in [0.717, 1.165) is 23.2 Å². The number of carbonyl (C=O) groups is 1. The first-order chi connectivity index (χ1) is 10.3. The van der Waals surface area contributed by atoms with Crippen LogP contribution in [0.5, 0.6) is 0 Å². The number of nitrogens with zero attached hydrogens (tertiary/aromatic N) is 1. The highest BCUT2D eigenvalue weighted by Gasteiger charge is 2.15.